The zero-order valence-corrected chi connectivity index (χ0v) is 31.0. The Morgan fingerprint density at radius 2 is 1.13 bits per heavy atom. The van der Waals surface area contributed by atoms with Crippen LogP contribution in [0.2, 0.25) is 5.02 Å². The maximum absolute atomic E-state index is 13.1. The van der Waals surface area contributed by atoms with E-state index in [2.05, 4.69) is 45.0 Å². The molecule has 6 nitrogen and oxygen atoms in total. The van der Waals surface area contributed by atoms with Gasteiger partial charge in [0.1, 0.15) is 30.7 Å². The molecule has 0 aromatic heterocycles. The molecular formula is C45H49ClO6. The van der Waals surface area contributed by atoms with Gasteiger partial charge in [-0.25, -0.2) is 0 Å². The highest BCUT2D eigenvalue weighted by atomic mass is 35.5. The van der Waals surface area contributed by atoms with Gasteiger partial charge in [-0.05, 0) is 66.1 Å². The van der Waals surface area contributed by atoms with E-state index in [1.54, 1.807) is 0 Å². The van der Waals surface area contributed by atoms with Gasteiger partial charge in [-0.3, -0.25) is 0 Å². The standard InChI is InChI=1S/C44H47ClO5.CH2O/c1-4-43(5-2)41(48-30-35-17-11-7-12-18-35)40(47-29-34-15-9-6-10-16-34)42(49-31-36-19-13-8-14-20-36)44(46,50-43)38-25-26-39(45)37(28-38)27-33-23-21-32(3)22-24-33;1-2/h6-26,28,40-42,46H,4-5,27,29-31H2,1-3H3;1H2/t40-,41-,42+,44?;/m0./s1. The van der Waals surface area contributed by atoms with E-state index in [1.807, 2.05) is 116 Å². The lowest BCUT2D eigenvalue weighted by Crippen LogP contribution is -2.69. The van der Waals surface area contributed by atoms with Gasteiger partial charge in [0.25, 0.3) is 0 Å². The third kappa shape index (κ3) is 9.25. The predicted molar refractivity (Wildman–Crippen MR) is 206 cm³/mol. The number of aliphatic hydroxyl groups is 1. The quantitative estimate of drug-likeness (QED) is 0.123. The number of rotatable bonds is 14. The van der Waals surface area contributed by atoms with E-state index in [1.165, 1.54) is 5.56 Å². The molecule has 1 fully saturated rings. The fourth-order valence-electron chi connectivity index (χ4n) is 6.90. The third-order valence-corrected chi connectivity index (χ3v) is 10.2. The van der Waals surface area contributed by atoms with Gasteiger partial charge in [-0.1, -0.05) is 152 Å². The van der Waals surface area contributed by atoms with Crippen LogP contribution in [0, 0.1) is 6.92 Å². The van der Waals surface area contributed by atoms with Crippen LogP contribution in [-0.4, -0.2) is 35.8 Å². The minimum Gasteiger partial charge on any atom is -0.368 e. The molecule has 0 radical (unpaired) electrons. The van der Waals surface area contributed by atoms with Gasteiger partial charge < -0.3 is 28.8 Å². The van der Waals surface area contributed by atoms with Crippen LogP contribution >= 0.6 is 11.6 Å². The summed E-state index contributed by atoms with van der Waals surface area (Å²) in [7, 11) is 0. The highest BCUT2D eigenvalue weighted by molar-refractivity contribution is 6.31. The summed E-state index contributed by atoms with van der Waals surface area (Å²) < 4.78 is 27.6. The summed E-state index contributed by atoms with van der Waals surface area (Å²) in [5.74, 6) is -1.90. The molecule has 0 amide bonds. The number of hydrogen-bond acceptors (Lipinski definition) is 6. The molecule has 1 aliphatic rings. The van der Waals surface area contributed by atoms with Crippen molar-refractivity contribution in [1.29, 1.82) is 0 Å². The number of halogens is 1. The van der Waals surface area contributed by atoms with Crippen molar-refractivity contribution in [2.24, 2.45) is 0 Å². The first-order chi connectivity index (χ1) is 25.3. The lowest BCUT2D eigenvalue weighted by molar-refractivity contribution is -0.404. The Morgan fingerprint density at radius 3 is 1.63 bits per heavy atom. The summed E-state index contributed by atoms with van der Waals surface area (Å²) in [6, 6.07) is 44.2. The molecule has 0 bridgehead atoms. The molecule has 0 saturated carbocycles. The minimum absolute atomic E-state index is 0.239. The van der Waals surface area contributed by atoms with Crippen LogP contribution in [0.4, 0.5) is 0 Å². The molecule has 1 aliphatic heterocycles. The fraction of sp³-hybridized carbons (Fsp3) is 0.311. The largest absolute Gasteiger partial charge is 0.368 e. The molecule has 272 valence electrons. The summed E-state index contributed by atoms with van der Waals surface area (Å²) in [5.41, 5.74) is 5.87. The second-order valence-corrected chi connectivity index (χ2v) is 13.6. The molecule has 52 heavy (non-hydrogen) atoms. The smallest absolute Gasteiger partial charge is 0.223 e. The molecule has 7 heteroatoms. The van der Waals surface area contributed by atoms with Crippen LogP contribution in [0.3, 0.4) is 0 Å². The molecule has 6 rings (SSSR count). The highest BCUT2D eigenvalue weighted by Gasteiger charge is 2.62. The lowest BCUT2D eigenvalue weighted by atomic mass is 9.77. The van der Waals surface area contributed by atoms with E-state index in [-0.39, 0.29) is 6.61 Å². The zero-order valence-electron chi connectivity index (χ0n) is 30.2. The number of benzene rings is 5. The van der Waals surface area contributed by atoms with Gasteiger partial charge in [-0.15, -0.1) is 0 Å². The zero-order chi connectivity index (χ0) is 37.0. The second kappa shape index (κ2) is 18.6. The second-order valence-electron chi connectivity index (χ2n) is 13.2. The van der Waals surface area contributed by atoms with E-state index in [4.69, 9.17) is 35.3 Å². The Balaban J connectivity index is 0.00000257. The number of carbonyl (C=O) groups is 1. The molecular weight excluding hydrogens is 672 g/mol. The molecule has 1 heterocycles. The van der Waals surface area contributed by atoms with E-state index >= 15 is 0 Å². The molecule has 1 unspecified atom stereocenters. The van der Waals surface area contributed by atoms with Crippen molar-refractivity contribution >= 4 is 18.4 Å². The van der Waals surface area contributed by atoms with Crippen LogP contribution < -0.4 is 0 Å². The van der Waals surface area contributed by atoms with Gasteiger partial charge >= 0.3 is 0 Å². The average molecular weight is 721 g/mol. The summed E-state index contributed by atoms with van der Waals surface area (Å²) >= 11 is 6.82. The molecule has 0 aliphatic carbocycles. The fourth-order valence-corrected chi connectivity index (χ4v) is 7.09. The van der Waals surface area contributed by atoms with E-state index in [0.29, 0.717) is 43.1 Å². The molecule has 1 N–H and O–H groups in total. The van der Waals surface area contributed by atoms with Crippen LogP contribution in [0.25, 0.3) is 0 Å². The van der Waals surface area contributed by atoms with Crippen molar-refractivity contribution in [2.75, 3.05) is 0 Å². The first-order valence-corrected chi connectivity index (χ1v) is 18.2. The number of ether oxygens (including phenoxy) is 4. The van der Waals surface area contributed by atoms with Crippen molar-refractivity contribution in [2.45, 2.75) is 89.6 Å². The van der Waals surface area contributed by atoms with Crippen molar-refractivity contribution in [1.82, 2.24) is 0 Å². The molecule has 5 aromatic rings. The first-order valence-electron chi connectivity index (χ1n) is 17.9. The van der Waals surface area contributed by atoms with Gasteiger partial charge in [-0.2, -0.15) is 0 Å². The predicted octanol–water partition coefficient (Wildman–Crippen LogP) is 9.54. The number of carbonyl (C=O) groups excluding carboxylic acids is 1. The third-order valence-electron chi connectivity index (χ3n) is 9.86. The summed E-state index contributed by atoms with van der Waals surface area (Å²) in [5, 5.41) is 13.8. The number of hydrogen-bond donors (Lipinski definition) is 1. The van der Waals surface area contributed by atoms with Crippen molar-refractivity contribution in [3.8, 4) is 0 Å². The topological polar surface area (TPSA) is 74.2 Å². The van der Waals surface area contributed by atoms with Gasteiger partial charge in [0.05, 0.1) is 19.8 Å². The van der Waals surface area contributed by atoms with Gasteiger partial charge in [0, 0.05) is 10.6 Å². The van der Waals surface area contributed by atoms with E-state index in [9.17, 15) is 5.11 Å². The van der Waals surface area contributed by atoms with Crippen molar-refractivity contribution < 1.29 is 28.8 Å². The molecule has 4 atom stereocenters. The Kier molecular flexibility index (Phi) is 14.0. The maximum atomic E-state index is 13.1. The van der Waals surface area contributed by atoms with Crippen LogP contribution in [0.5, 0.6) is 0 Å². The molecule has 0 spiro atoms. The van der Waals surface area contributed by atoms with Gasteiger partial charge in [0.15, 0.2) is 0 Å². The molecule has 5 aromatic carbocycles. The summed E-state index contributed by atoms with van der Waals surface area (Å²) in [6.45, 7) is 9.13. The Labute approximate surface area is 313 Å². The van der Waals surface area contributed by atoms with Crippen LogP contribution in [0.15, 0.2) is 133 Å². The Morgan fingerprint density at radius 1 is 0.654 bits per heavy atom. The van der Waals surface area contributed by atoms with Gasteiger partial charge in [0.2, 0.25) is 5.79 Å². The number of aryl methyl sites for hydroxylation is 1. The minimum atomic E-state index is -1.90. The first kappa shape index (κ1) is 39.1. The van der Waals surface area contributed by atoms with Crippen LogP contribution in [-0.2, 0) is 55.8 Å². The molecule has 1 saturated heterocycles. The maximum Gasteiger partial charge on any atom is 0.223 e. The average Bonchev–Trinajstić information content (AvgIpc) is 3.19. The van der Waals surface area contributed by atoms with Crippen molar-refractivity contribution in [3.05, 3.63) is 177 Å². The summed E-state index contributed by atoms with van der Waals surface area (Å²) in [6.07, 6.45) is -0.495. The normalized spacial score (nSPS) is 20.8. The van der Waals surface area contributed by atoms with Crippen LogP contribution in [0.1, 0.15) is 65.6 Å². The lowest BCUT2D eigenvalue weighted by Gasteiger charge is -2.56. The monoisotopic (exact) mass is 720 g/mol. The van der Waals surface area contributed by atoms with E-state index in [0.717, 1.165) is 27.8 Å². The Hall–Kier alpha value is -4.14. The van der Waals surface area contributed by atoms with Crippen molar-refractivity contribution in [3.63, 3.8) is 0 Å². The Bertz CT molecular complexity index is 1800. The van der Waals surface area contributed by atoms with E-state index < -0.39 is 29.7 Å². The SMILES string of the molecule is C=O.CCC1(CC)OC(O)(c2ccc(Cl)c(Cc3ccc(C)cc3)c2)[C@H](OCc2ccccc2)[C@@H](OCc2ccccc2)[C@@H]1OCc1ccccc1. The highest BCUT2D eigenvalue weighted by Crippen LogP contribution is 2.48. The summed E-state index contributed by atoms with van der Waals surface area (Å²) in [4.78, 5) is 8.00.